The molecule has 0 saturated carbocycles. The number of rotatable bonds is 5. The van der Waals surface area contributed by atoms with Crippen LogP contribution in [0.5, 0.6) is 0 Å². The average molecular weight is 365 g/mol. The van der Waals surface area contributed by atoms with Crippen LogP contribution in [-0.2, 0) is 21.8 Å². The molecule has 0 fully saturated rings. The van der Waals surface area contributed by atoms with Crippen LogP contribution in [-0.4, -0.2) is 31.3 Å². The lowest BCUT2D eigenvalue weighted by Gasteiger charge is -2.05. The second-order valence-electron chi connectivity index (χ2n) is 4.53. The number of sulfonamides is 1. The van der Waals surface area contributed by atoms with E-state index in [9.17, 15) is 22.0 Å². The van der Waals surface area contributed by atoms with Gasteiger partial charge in [0.15, 0.2) is 5.69 Å². The molecule has 2 heterocycles. The number of aryl methyl sites for hydroxylation is 2. The molecule has 0 radical (unpaired) electrons. The Morgan fingerprint density at radius 2 is 2.13 bits per heavy atom. The molecule has 0 aromatic carbocycles. The molecule has 0 bridgehead atoms. The van der Waals surface area contributed by atoms with Crippen molar-refractivity contribution in [3.8, 4) is 0 Å². The molecule has 7 nitrogen and oxygen atoms in total. The first kappa shape index (κ1) is 17.3. The predicted octanol–water partition coefficient (Wildman–Crippen LogP) is 2.32. The third-order valence-corrected chi connectivity index (χ3v) is 5.76. The number of nitrogens with zero attached hydrogens (tertiary/aromatic N) is 2. The van der Waals surface area contributed by atoms with Crippen molar-refractivity contribution in [2.24, 2.45) is 7.05 Å². The lowest BCUT2D eigenvalue weighted by molar-refractivity contribution is 0.0600. The van der Waals surface area contributed by atoms with Crippen molar-refractivity contribution in [1.82, 2.24) is 9.78 Å². The minimum atomic E-state index is -4.13. The number of ether oxygens (including phenoxy) is 1. The molecule has 11 heteroatoms. The quantitative estimate of drug-likeness (QED) is 0.821. The smallest absolute Gasteiger partial charge is 0.339 e. The van der Waals surface area contributed by atoms with Crippen molar-refractivity contribution >= 4 is 33.0 Å². The maximum absolute atomic E-state index is 12.9. The summed E-state index contributed by atoms with van der Waals surface area (Å²) in [5.41, 5.74) is -0.871. The van der Waals surface area contributed by atoms with Gasteiger partial charge in [0.25, 0.3) is 16.4 Å². The Morgan fingerprint density at radius 1 is 1.48 bits per heavy atom. The Labute approximate surface area is 134 Å². The van der Waals surface area contributed by atoms with Crippen LogP contribution in [0.3, 0.4) is 0 Å². The molecule has 126 valence electrons. The van der Waals surface area contributed by atoms with Crippen molar-refractivity contribution in [2.45, 2.75) is 17.6 Å². The summed E-state index contributed by atoms with van der Waals surface area (Å²) in [6.07, 6.45) is -1.79. The van der Waals surface area contributed by atoms with E-state index in [0.717, 1.165) is 28.3 Å². The molecule has 1 N–H and O–H groups in total. The lowest BCUT2D eigenvalue weighted by Crippen LogP contribution is -2.12. The summed E-state index contributed by atoms with van der Waals surface area (Å²) in [7, 11) is -1.55. The summed E-state index contributed by atoms with van der Waals surface area (Å²) in [5, 5.41) is 3.52. The summed E-state index contributed by atoms with van der Waals surface area (Å²) in [5.74, 6) is -0.671. The molecular weight excluding hydrogens is 352 g/mol. The number of esters is 1. The van der Waals surface area contributed by atoms with Gasteiger partial charge < -0.3 is 4.74 Å². The monoisotopic (exact) mass is 365 g/mol. The number of nitrogens with one attached hydrogen (secondary N) is 1. The van der Waals surface area contributed by atoms with E-state index in [1.54, 1.807) is 6.92 Å². The minimum absolute atomic E-state index is 0.109. The van der Waals surface area contributed by atoms with E-state index in [1.807, 2.05) is 0 Å². The molecule has 0 atom stereocenters. The van der Waals surface area contributed by atoms with Crippen LogP contribution in [0, 0.1) is 6.92 Å². The third-order valence-electron chi connectivity index (χ3n) is 2.87. The Hall–Kier alpha value is -2.01. The van der Waals surface area contributed by atoms with E-state index in [4.69, 9.17) is 0 Å². The van der Waals surface area contributed by atoms with E-state index >= 15 is 0 Å². The topological polar surface area (TPSA) is 90.3 Å². The Morgan fingerprint density at radius 3 is 2.70 bits per heavy atom. The highest BCUT2D eigenvalue weighted by Crippen LogP contribution is 2.31. The van der Waals surface area contributed by atoms with Crippen molar-refractivity contribution in [3.05, 3.63) is 28.4 Å². The third kappa shape index (κ3) is 3.50. The number of hydrogen-bond acceptors (Lipinski definition) is 6. The van der Waals surface area contributed by atoms with Gasteiger partial charge in [0.05, 0.1) is 18.4 Å². The highest BCUT2D eigenvalue weighted by Gasteiger charge is 2.26. The summed E-state index contributed by atoms with van der Waals surface area (Å²) in [4.78, 5) is 12.0. The summed E-state index contributed by atoms with van der Waals surface area (Å²) < 4.78 is 57.9. The normalized spacial score (nSPS) is 11.7. The largest absolute Gasteiger partial charge is 0.465 e. The minimum Gasteiger partial charge on any atom is -0.465 e. The molecule has 0 aliphatic heterocycles. The van der Waals surface area contributed by atoms with E-state index in [0.29, 0.717) is 4.88 Å². The highest BCUT2D eigenvalue weighted by atomic mass is 32.2. The molecular formula is C12H13F2N3O4S2. The maximum atomic E-state index is 12.9. The number of hydrogen-bond donors (Lipinski definition) is 1. The SMILES string of the molecule is COC(=O)c1cc(S(=O)(=O)Nc2cn(C)nc2C(F)F)sc1C. The maximum Gasteiger partial charge on any atom is 0.339 e. The van der Waals surface area contributed by atoms with Crippen molar-refractivity contribution in [2.75, 3.05) is 11.8 Å². The van der Waals surface area contributed by atoms with E-state index in [1.165, 1.54) is 14.2 Å². The Kier molecular flexibility index (Phi) is 4.71. The van der Waals surface area contributed by atoms with Gasteiger partial charge in [0, 0.05) is 18.1 Å². The van der Waals surface area contributed by atoms with Gasteiger partial charge in [-0.25, -0.2) is 22.0 Å². The molecule has 0 aliphatic rings. The second kappa shape index (κ2) is 6.24. The average Bonchev–Trinajstić information content (AvgIpc) is 3.01. The van der Waals surface area contributed by atoms with Crippen molar-refractivity contribution in [3.63, 3.8) is 0 Å². The first-order valence-electron chi connectivity index (χ1n) is 6.19. The molecule has 0 amide bonds. The van der Waals surface area contributed by atoms with Gasteiger partial charge in [-0.05, 0) is 13.0 Å². The number of methoxy groups -OCH3 is 1. The fourth-order valence-electron chi connectivity index (χ4n) is 1.84. The zero-order chi connectivity index (χ0) is 17.4. The van der Waals surface area contributed by atoms with Crippen LogP contribution in [0.15, 0.2) is 16.5 Å². The van der Waals surface area contributed by atoms with E-state index in [-0.39, 0.29) is 15.5 Å². The van der Waals surface area contributed by atoms with Gasteiger partial charge in [-0.3, -0.25) is 9.40 Å². The predicted molar refractivity (Wildman–Crippen MR) is 79.4 cm³/mol. The molecule has 2 aromatic heterocycles. The van der Waals surface area contributed by atoms with Gasteiger partial charge in [0.2, 0.25) is 0 Å². The number of carbonyl (C=O) groups excluding carboxylic acids is 1. The lowest BCUT2D eigenvalue weighted by atomic mass is 10.3. The summed E-state index contributed by atoms with van der Waals surface area (Å²) >= 11 is 0.839. The van der Waals surface area contributed by atoms with Gasteiger partial charge in [-0.1, -0.05) is 0 Å². The molecule has 2 aromatic rings. The van der Waals surface area contributed by atoms with Crippen LogP contribution < -0.4 is 4.72 Å². The summed E-state index contributed by atoms with van der Waals surface area (Å²) in [6, 6.07) is 1.15. The molecule has 0 aliphatic carbocycles. The van der Waals surface area contributed by atoms with Gasteiger partial charge >= 0.3 is 5.97 Å². The van der Waals surface area contributed by atoms with Crippen LogP contribution in [0.1, 0.15) is 27.4 Å². The van der Waals surface area contributed by atoms with Gasteiger partial charge in [0.1, 0.15) is 4.21 Å². The first-order valence-corrected chi connectivity index (χ1v) is 8.49. The number of aromatic nitrogens is 2. The number of alkyl halides is 2. The highest BCUT2D eigenvalue weighted by molar-refractivity contribution is 7.94. The van der Waals surface area contributed by atoms with Crippen LogP contribution in [0.25, 0.3) is 0 Å². The molecule has 23 heavy (non-hydrogen) atoms. The number of anilines is 1. The van der Waals surface area contributed by atoms with Gasteiger partial charge in [-0.15, -0.1) is 11.3 Å². The zero-order valence-electron chi connectivity index (χ0n) is 12.3. The van der Waals surface area contributed by atoms with Crippen LogP contribution >= 0.6 is 11.3 Å². The van der Waals surface area contributed by atoms with Crippen molar-refractivity contribution in [1.29, 1.82) is 0 Å². The Balaban J connectivity index is 2.39. The standard InChI is InChI=1S/C12H13F2N3O4S2/c1-6-7(12(18)21-3)4-9(22-6)23(19,20)16-8-5-17(2)15-10(8)11(13)14/h4-5,11,16H,1-3H3. The van der Waals surface area contributed by atoms with Crippen LogP contribution in [0.4, 0.5) is 14.5 Å². The summed E-state index contributed by atoms with van der Waals surface area (Å²) in [6.45, 7) is 1.56. The molecule has 0 spiro atoms. The first-order chi connectivity index (χ1) is 10.7. The fraction of sp³-hybridized carbons (Fsp3) is 0.333. The number of halogens is 2. The van der Waals surface area contributed by atoms with Crippen LogP contribution in [0.2, 0.25) is 0 Å². The van der Waals surface area contributed by atoms with Gasteiger partial charge in [-0.2, -0.15) is 5.10 Å². The Bertz CT molecular complexity index is 843. The number of carbonyl (C=O) groups is 1. The number of thiophene rings is 1. The van der Waals surface area contributed by atoms with Crippen molar-refractivity contribution < 1.29 is 26.7 Å². The molecule has 2 rings (SSSR count). The van der Waals surface area contributed by atoms with E-state index < -0.39 is 28.1 Å². The molecule has 0 unspecified atom stereocenters. The second-order valence-corrected chi connectivity index (χ2v) is 7.70. The fourth-order valence-corrected chi connectivity index (χ4v) is 4.33. The van der Waals surface area contributed by atoms with E-state index in [2.05, 4.69) is 14.6 Å². The molecule has 0 saturated heterocycles. The zero-order valence-corrected chi connectivity index (χ0v) is 14.0.